The van der Waals surface area contributed by atoms with E-state index in [2.05, 4.69) is 12.2 Å². The third-order valence-corrected chi connectivity index (χ3v) is 5.03. The highest BCUT2D eigenvalue weighted by molar-refractivity contribution is 4.92. The molecule has 0 aromatic rings. The maximum absolute atomic E-state index is 2.42. The van der Waals surface area contributed by atoms with Gasteiger partial charge in [-0.2, -0.15) is 0 Å². The predicted molar refractivity (Wildman–Crippen MR) is 80.8 cm³/mol. The van der Waals surface area contributed by atoms with Gasteiger partial charge in [0.15, 0.2) is 0 Å². The Labute approximate surface area is 114 Å². The molecule has 0 saturated heterocycles. The molecule has 0 N–H and O–H groups in total. The van der Waals surface area contributed by atoms with E-state index in [-0.39, 0.29) is 0 Å². The lowest BCUT2D eigenvalue weighted by molar-refractivity contribution is 0.383. The van der Waals surface area contributed by atoms with Crippen molar-refractivity contribution in [2.24, 2.45) is 5.41 Å². The molecule has 1 saturated carbocycles. The first kappa shape index (κ1) is 14.2. The molecule has 0 aliphatic heterocycles. The molecule has 0 atom stereocenters. The molecule has 0 radical (unpaired) electrons. The summed E-state index contributed by atoms with van der Waals surface area (Å²) in [5, 5.41) is 0. The summed E-state index contributed by atoms with van der Waals surface area (Å²) >= 11 is 0. The minimum atomic E-state index is 0.844. The lowest BCUT2D eigenvalue weighted by Crippen LogP contribution is -2.00. The lowest BCUT2D eigenvalue weighted by Gasteiger charge is -2.14. The molecule has 0 heteroatoms. The molecule has 104 valence electrons. The van der Waals surface area contributed by atoms with E-state index >= 15 is 0 Å². The van der Waals surface area contributed by atoms with Crippen LogP contribution in [0.3, 0.4) is 0 Å². The van der Waals surface area contributed by atoms with Gasteiger partial charge >= 0.3 is 0 Å². The van der Waals surface area contributed by atoms with Crippen molar-refractivity contribution in [2.45, 2.75) is 96.3 Å². The number of hydrogen-bond donors (Lipinski definition) is 0. The second kappa shape index (κ2) is 8.02. The van der Waals surface area contributed by atoms with Gasteiger partial charge in [-0.1, -0.05) is 57.1 Å². The molecule has 18 heavy (non-hydrogen) atoms. The molecule has 2 aliphatic rings. The fraction of sp³-hybridized carbons (Fsp3) is 0.889. The standard InChI is InChI=1S/C18H32/c1-2-4-6-8-10-12-14-18(16-17-18)15-13-11-9-7-5-3-1/h1-2H,3-17H2/b2-1-. The van der Waals surface area contributed by atoms with Crippen LogP contribution in [0.1, 0.15) is 96.3 Å². The zero-order valence-corrected chi connectivity index (χ0v) is 12.3. The van der Waals surface area contributed by atoms with E-state index in [4.69, 9.17) is 0 Å². The van der Waals surface area contributed by atoms with Crippen LogP contribution in [-0.4, -0.2) is 0 Å². The minimum Gasteiger partial charge on any atom is -0.0885 e. The van der Waals surface area contributed by atoms with E-state index in [0.29, 0.717) is 0 Å². The van der Waals surface area contributed by atoms with Gasteiger partial charge in [0, 0.05) is 0 Å². The Morgan fingerprint density at radius 2 is 0.889 bits per heavy atom. The molecule has 0 aromatic carbocycles. The fourth-order valence-electron chi connectivity index (χ4n) is 3.45. The summed E-state index contributed by atoms with van der Waals surface area (Å²) in [6.07, 6.45) is 26.9. The smallest absolute Gasteiger partial charge is 0.0297 e. The van der Waals surface area contributed by atoms with E-state index < -0.39 is 0 Å². The Balaban J connectivity index is 1.67. The minimum absolute atomic E-state index is 0.844. The van der Waals surface area contributed by atoms with Gasteiger partial charge in [-0.05, 0) is 56.8 Å². The van der Waals surface area contributed by atoms with Crippen molar-refractivity contribution in [3.63, 3.8) is 0 Å². The van der Waals surface area contributed by atoms with Gasteiger partial charge in [0.25, 0.3) is 0 Å². The monoisotopic (exact) mass is 248 g/mol. The maximum atomic E-state index is 2.42. The fourth-order valence-corrected chi connectivity index (χ4v) is 3.45. The Morgan fingerprint density at radius 3 is 1.39 bits per heavy atom. The van der Waals surface area contributed by atoms with Crippen LogP contribution < -0.4 is 0 Å². The van der Waals surface area contributed by atoms with Crippen LogP contribution in [0.25, 0.3) is 0 Å². The van der Waals surface area contributed by atoms with Gasteiger partial charge in [-0.15, -0.1) is 0 Å². The average Bonchev–Trinajstić information content (AvgIpc) is 3.13. The second-order valence-electron chi connectivity index (χ2n) is 6.73. The molecule has 0 amide bonds. The van der Waals surface area contributed by atoms with E-state index in [0.717, 1.165) is 5.41 Å². The predicted octanol–water partition coefficient (Wildman–Crippen LogP) is 6.41. The highest BCUT2D eigenvalue weighted by Gasteiger charge is 2.40. The van der Waals surface area contributed by atoms with Crippen molar-refractivity contribution >= 4 is 0 Å². The topological polar surface area (TPSA) is 0 Å². The Kier molecular flexibility index (Phi) is 6.31. The van der Waals surface area contributed by atoms with Crippen molar-refractivity contribution < 1.29 is 0 Å². The quantitative estimate of drug-likeness (QED) is 0.435. The first-order chi connectivity index (χ1) is 8.91. The van der Waals surface area contributed by atoms with Crippen LogP contribution in [0.2, 0.25) is 0 Å². The van der Waals surface area contributed by atoms with Crippen LogP contribution in [0, 0.1) is 5.41 Å². The van der Waals surface area contributed by atoms with Crippen molar-refractivity contribution in [1.82, 2.24) is 0 Å². The van der Waals surface area contributed by atoms with Crippen molar-refractivity contribution in [3.05, 3.63) is 12.2 Å². The Morgan fingerprint density at radius 1 is 0.444 bits per heavy atom. The van der Waals surface area contributed by atoms with Gasteiger partial charge < -0.3 is 0 Å². The maximum Gasteiger partial charge on any atom is -0.0297 e. The number of allylic oxidation sites excluding steroid dienone is 2. The van der Waals surface area contributed by atoms with Crippen molar-refractivity contribution in [3.8, 4) is 0 Å². The number of rotatable bonds is 0. The molecular weight excluding hydrogens is 216 g/mol. The first-order valence-electron chi connectivity index (χ1n) is 8.56. The van der Waals surface area contributed by atoms with E-state index in [1.165, 1.54) is 70.6 Å². The zero-order chi connectivity index (χ0) is 12.5. The molecule has 1 fully saturated rings. The third kappa shape index (κ3) is 5.59. The second-order valence-corrected chi connectivity index (χ2v) is 6.73. The largest absolute Gasteiger partial charge is 0.0885 e. The van der Waals surface area contributed by atoms with Crippen LogP contribution >= 0.6 is 0 Å². The first-order valence-corrected chi connectivity index (χ1v) is 8.56. The van der Waals surface area contributed by atoms with Gasteiger partial charge in [0.2, 0.25) is 0 Å². The summed E-state index contributed by atoms with van der Waals surface area (Å²) < 4.78 is 0. The molecule has 2 rings (SSSR count). The zero-order valence-electron chi connectivity index (χ0n) is 12.3. The summed E-state index contributed by atoms with van der Waals surface area (Å²) in [4.78, 5) is 0. The molecule has 0 heterocycles. The molecule has 1 spiro atoms. The molecule has 2 aliphatic carbocycles. The van der Waals surface area contributed by atoms with E-state index in [1.54, 1.807) is 25.7 Å². The molecule has 0 bridgehead atoms. The SMILES string of the molecule is C1=C\CCCCCCC2(CCCCCCC/1)CC2. The van der Waals surface area contributed by atoms with E-state index in [9.17, 15) is 0 Å². The molecule has 0 nitrogen and oxygen atoms in total. The summed E-state index contributed by atoms with van der Waals surface area (Å²) in [5.74, 6) is 0. The lowest BCUT2D eigenvalue weighted by atomic mass is 9.91. The van der Waals surface area contributed by atoms with Crippen molar-refractivity contribution in [2.75, 3.05) is 0 Å². The van der Waals surface area contributed by atoms with Gasteiger partial charge in [-0.25, -0.2) is 0 Å². The Bertz CT molecular complexity index is 234. The van der Waals surface area contributed by atoms with Gasteiger partial charge in [-0.3, -0.25) is 0 Å². The Hall–Kier alpha value is -0.260. The average molecular weight is 248 g/mol. The van der Waals surface area contributed by atoms with Crippen LogP contribution in [0.5, 0.6) is 0 Å². The summed E-state index contributed by atoms with van der Waals surface area (Å²) in [6, 6.07) is 0. The molecule has 0 aromatic heterocycles. The highest BCUT2D eigenvalue weighted by Crippen LogP contribution is 2.53. The van der Waals surface area contributed by atoms with Crippen LogP contribution in [0.4, 0.5) is 0 Å². The van der Waals surface area contributed by atoms with Crippen molar-refractivity contribution in [1.29, 1.82) is 0 Å². The normalized spacial score (nSPS) is 28.9. The molecule has 0 unspecified atom stereocenters. The summed E-state index contributed by atoms with van der Waals surface area (Å²) in [7, 11) is 0. The van der Waals surface area contributed by atoms with Crippen LogP contribution in [-0.2, 0) is 0 Å². The third-order valence-electron chi connectivity index (χ3n) is 5.03. The summed E-state index contributed by atoms with van der Waals surface area (Å²) in [5.41, 5.74) is 0.844. The number of hydrogen-bond acceptors (Lipinski definition) is 0. The van der Waals surface area contributed by atoms with Crippen LogP contribution in [0.15, 0.2) is 12.2 Å². The van der Waals surface area contributed by atoms with Gasteiger partial charge in [0.05, 0.1) is 0 Å². The summed E-state index contributed by atoms with van der Waals surface area (Å²) in [6.45, 7) is 0. The highest BCUT2D eigenvalue weighted by atomic mass is 14.5. The van der Waals surface area contributed by atoms with E-state index in [1.807, 2.05) is 0 Å². The molecular formula is C18H32. The van der Waals surface area contributed by atoms with Gasteiger partial charge in [0.1, 0.15) is 0 Å².